The van der Waals surface area contributed by atoms with Gasteiger partial charge in [0, 0.05) is 24.6 Å². The average molecular weight is 318 g/mol. The van der Waals surface area contributed by atoms with E-state index in [1.807, 2.05) is 23.0 Å². The summed E-state index contributed by atoms with van der Waals surface area (Å²) in [5.74, 6) is 0.876. The van der Waals surface area contributed by atoms with Gasteiger partial charge in [0.15, 0.2) is 0 Å². The molecule has 1 N–H and O–H groups in total. The van der Waals surface area contributed by atoms with E-state index in [-0.39, 0.29) is 5.60 Å². The molecule has 1 fully saturated rings. The highest BCUT2D eigenvalue weighted by atomic mass is 32.1. The number of ether oxygens (including phenoxy) is 2. The van der Waals surface area contributed by atoms with Crippen molar-refractivity contribution in [1.29, 1.82) is 0 Å². The van der Waals surface area contributed by atoms with Gasteiger partial charge in [-0.3, -0.25) is 0 Å². The van der Waals surface area contributed by atoms with Crippen molar-refractivity contribution in [3.63, 3.8) is 0 Å². The quantitative estimate of drug-likeness (QED) is 0.887. The molecule has 1 aliphatic rings. The third-order valence-corrected chi connectivity index (χ3v) is 4.70. The summed E-state index contributed by atoms with van der Waals surface area (Å²) in [6.45, 7) is 6.51. The van der Waals surface area contributed by atoms with E-state index in [0.29, 0.717) is 12.6 Å². The van der Waals surface area contributed by atoms with E-state index < -0.39 is 0 Å². The topological polar surface area (TPSA) is 43.4 Å². The first-order chi connectivity index (χ1) is 10.6. The number of hydrogen-bond donors (Lipinski definition) is 1. The van der Waals surface area contributed by atoms with Crippen LogP contribution in [0.3, 0.4) is 0 Å². The van der Waals surface area contributed by atoms with Crippen LogP contribution in [0.5, 0.6) is 5.75 Å². The molecule has 5 heteroatoms. The summed E-state index contributed by atoms with van der Waals surface area (Å²) in [5.41, 5.74) is 3.97. The minimum atomic E-state index is -0.0728. The van der Waals surface area contributed by atoms with Crippen molar-refractivity contribution in [2.75, 3.05) is 6.61 Å². The second-order valence-corrected chi connectivity index (χ2v) is 6.81. The fraction of sp³-hybridized carbons (Fsp3) is 0.471. The third kappa shape index (κ3) is 3.85. The summed E-state index contributed by atoms with van der Waals surface area (Å²) < 4.78 is 11.5. The van der Waals surface area contributed by atoms with E-state index in [4.69, 9.17) is 9.47 Å². The van der Waals surface area contributed by atoms with Gasteiger partial charge in [0.25, 0.3) is 0 Å². The van der Waals surface area contributed by atoms with Gasteiger partial charge in [-0.05, 0) is 38.0 Å². The number of thiazole rings is 1. The Morgan fingerprint density at radius 2 is 2.18 bits per heavy atom. The summed E-state index contributed by atoms with van der Waals surface area (Å²) in [7, 11) is 0. The summed E-state index contributed by atoms with van der Waals surface area (Å²) in [5, 5.41) is 5.59. The minimum absolute atomic E-state index is 0.0728. The highest BCUT2D eigenvalue weighted by Gasteiger charge is 2.35. The highest BCUT2D eigenvalue weighted by molar-refractivity contribution is 7.07. The van der Waals surface area contributed by atoms with Crippen LogP contribution in [0.15, 0.2) is 35.2 Å². The molecule has 1 aromatic carbocycles. The Balaban J connectivity index is 1.49. The first-order valence-electron chi connectivity index (χ1n) is 7.60. The fourth-order valence-corrected chi connectivity index (χ4v) is 3.19. The zero-order chi connectivity index (χ0) is 15.4. The molecule has 3 rings (SSSR count). The van der Waals surface area contributed by atoms with Crippen LogP contribution in [0, 0.1) is 0 Å². The lowest BCUT2D eigenvalue weighted by Crippen LogP contribution is -2.42. The highest BCUT2D eigenvalue weighted by Crippen LogP contribution is 2.25. The molecule has 1 atom stereocenters. The molecule has 22 heavy (non-hydrogen) atoms. The molecule has 0 aliphatic carbocycles. The average Bonchev–Trinajstić information content (AvgIpc) is 3.13. The van der Waals surface area contributed by atoms with Crippen molar-refractivity contribution < 1.29 is 9.47 Å². The standard InChI is InChI=1S/C17H22N2O2S/c1-17(2)16(7-8-21-17)18-9-13-3-5-15(6-4-13)20-10-14-11-22-12-19-14/h3-6,11-12,16,18H,7-10H2,1-2H3. The maximum absolute atomic E-state index is 5.74. The lowest BCUT2D eigenvalue weighted by atomic mass is 9.99. The van der Waals surface area contributed by atoms with Crippen LogP contribution in [-0.4, -0.2) is 23.2 Å². The number of nitrogens with zero attached hydrogens (tertiary/aromatic N) is 1. The molecule has 0 saturated carbocycles. The van der Waals surface area contributed by atoms with Gasteiger partial charge >= 0.3 is 0 Å². The smallest absolute Gasteiger partial charge is 0.131 e. The third-order valence-electron chi connectivity index (χ3n) is 4.07. The summed E-state index contributed by atoms with van der Waals surface area (Å²) in [6, 6.07) is 8.64. The van der Waals surface area contributed by atoms with Crippen LogP contribution in [0.1, 0.15) is 31.5 Å². The zero-order valence-corrected chi connectivity index (χ0v) is 13.9. The Kier molecular flexibility index (Phi) is 4.76. The van der Waals surface area contributed by atoms with E-state index >= 15 is 0 Å². The van der Waals surface area contributed by atoms with Crippen molar-refractivity contribution in [1.82, 2.24) is 10.3 Å². The molecule has 0 amide bonds. The molecule has 2 aromatic rings. The summed E-state index contributed by atoms with van der Waals surface area (Å²) >= 11 is 1.59. The van der Waals surface area contributed by atoms with Gasteiger partial charge in [-0.2, -0.15) is 0 Å². The van der Waals surface area contributed by atoms with Crippen molar-refractivity contribution in [3.05, 3.63) is 46.4 Å². The molecule has 118 valence electrons. The Morgan fingerprint density at radius 1 is 1.36 bits per heavy atom. The molecule has 4 nitrogen and oxygen atoms in total. The van der Waals surface area contributed by atoms with E-state index in [0.717, 1.165) is 31.0 Å². The number of nitrogens with one attached hydrogen (secondary N) is 1. The summed E-state index contributed by atoms with van der Waals surface area (Å²) in [4.78, 5) is 4.21. The number of hydrogen-bond acceptors (Lipinski definition) is 5. The van der Waals surface area contributed by atoms with Crippen LogP contribution in [0.4, 0.5) is 0 Å². The molecule has 0 spiro atoms. The second kappa shape index (κ2) is 6.77. The first-order valence-corrected chi connectivity index (χ1v) is 8.54. The van der Waals surface area contributed by atoms with E-state index in [9.17, 15) is 0 Å². The molecule has 1 aliphatic heterocycles. The van der Waals surface area contributed by atoms with Gasteiger partial charge in [-0.1, -0.05) is 12.1 Å². The van der Waals surface area contributed by atoms with Crippen molar-refractivity contribution >= 4 is 11.3 Å². The number of benzene rings is 1. The zero-order valence-electron chi connectivity index (χ0n) is 13.0. The fourth-order valence-electron chi connectivity index (χ4n) is 2.65. The SMILES string of the molecule is CC1(C)OCCC1NCc1ccc(OCc2cscn2)cc1. The van der Waals surface area contributed by atoms with Crippen LogP contribution in [0.25, 0.3) is 0 Å². The lowest BCUT2D eigenvalue weighted by Gasteiger charge is -2.26. The first kappa shape index (κ1) is 15.5. The van der Waals surface area contributed by atoms with Crippen LogP contribution in [-0.2, 0) is 17.9 Å². The molecule has 0 bridgehead atoms. The Labute approximate surface area is 135 Å². The maximum Gasteiger partial charge on any atom is 0.131 e. The molecule has 1 aromatic heterocycles. The number of rotatable bonds is 6. The Bertz CT molecular complexity index is 581. The van der Waals surface area contributed by atoms with E-state index in [1.165, 1.54) is 5.56 Å². The van der Waals surface area contributed by atoms with Gasteiger partial charge in [-0.25, -0.2) is 4.98 Å². The summed E-state index contributed by atoms with van der Waals surface area (Å²) in [6.07, 6.45) is 1.07. The van der Waals surface area contributed by atoms with Gasteiger partial charge in [0.2, 0.25) is 0 Å². The van der Waals surface area contributed by atoms with Crippen molar-refractivity contribution in [2.45, 2.75) is 45.1 Å². The normalized spacial score (nSPS) is 20.2. The van der Waals surface area contributed by atoms with Gasteiger partial charge in [-0.15, -0.1) is 11.3 Å². The number of aromatic nitrogens is 1. The second-order valence-electron chi connectivity index (χ2n) is 6.09. The van der Waals surface area contributed by atoms with Crippen molar-refractivity contribution in [3.8, 4) is 5.75 Å². The maximum atomic E-state index is 5.74. The lowest BCUT2D eigenvalue weighted by molar-refractivity contribution is 0.0214. The largest absolute Gasteiger partial charge is 0.487 e. The minimum Gasteiger partial charge on any atom is -0.487 e. The van der Waals surface area contributed by atoms with Crippen LogP contribution < -0.4 is 10.1 Å². The molecule has 0 radical (unpaired) electrons. The Morgan fingerprint density at radius 3 is 2.82 bits per heavy atom. The molecular formula is C17H22N2O2S. The van der Waals surface area contributed by atoms with Gasteiger partial charge in [0.05, 0.1) is 16.8 Å². The van der Waals surface area contributed by atoms with Gasteiger partial charge in [0.1, 0.15) is 12.4 Å². The molecule has 1 saturated heterocycles. The Hall–Kier alpha value is -1.43. The van der Waals surface area contributed by atoms with Crippen LogP contribution in [0.2, 0.25) is 0 Å². The van der Waals surface area contributed by atoms with E-state index in [2.05, 4.69) is 36.3 Å². The monoisotopic (exact) mass is 318 g/mol. The predicted molar refractivity (Wildman–Crippen MR) is 88.2 cm³/mol. The molecular weight excluding hydrogens is 296 g/mol. The van der Waals surface area contributed by atoms with Gasteiger partial charge < -0.3 is 14.8 Å². The van der Waals surface area contributed by atoms with Crippen LogP contribution >= 0.6 is 11.3 Å². The van der Waals surface area contributed by atoms with E-state index in [1.54, 1.807) is 11.3 Å². The molecule has 1 unspecified atom stereocenters. The molecule has 2 heterocycles. The van der Waals surface area contributed by atoms with Crippen molar-refractivity contribution in [2.24, 2.45) is 0 Å². The predicted octanol–water partition coefficient (Wildman–Crippen LogP) is 3.38.